The number of rotatable bonds is 6. The summed E-state index contributed by atoms with van der Waals surface area (Å²) < 4.78 is 5.55. The predicted molar refractivity (Wildman–Crippen MR) is 101 cm³/mol. The van der Waals surface area contributed by atoms with E-state index in [-0.39, 0.29) is 42.4 Å². The van der Waals surface area contributed by atoms with E-state index in [0.29, 0.717) is 29.5 Å². The van der Waals surface area contributed by atoms with Gasteiger partial charge in [-0.05, 0) is 36.6 Å². The number of hydrogen-bond acceptors (Lipinski definition) is 5. The number of amidine groups is 1. The summed E-state index contributed by atoms with van der Waals surface area (Å²) >= 11 is 0. The van der Waals surface area contributed by atoms with E-state index in [2.05, 4.69) is 5.32 Å². The number of carboxylic acids is 1. The number of nitrogens with one attached hydrogen (secondary N) is 2. The third-order valence-electron chi connectivity index (χ3n) is 4.92. The second-order valence-corrected chi connectivity index (χ2v) is 7.01. The molecule has 0 aliphatic carbocycles. The highest BCUT2D eigenvalue weighted by atomic mass is 16.4. The Morgan fingerprint density at radius 1 is 1.36 bits per heavy atom. The Labute approximate surface area is 161 Å². The lowest BCUT2D eigenvalue weighted by Gasteiger charge is -2.23. The molecule has 2 unspecified atom stereocenters. The average molecular weight is 386 g/mol. The van der Waals surface area contributed by atoms with Gasteiger partial charge in [-0.15, -0.1) is 0 Å². The Morgan fingerprint density at radius 2 is 2.11 bits per heavy atom. The number of nitrogens with zero attached hydrogens (tertiary/aromatic N) is 1. The molecule has 2 heterocycles. The zero-order chi connectivity index (χ0) is 20.4. The van der Waals surface area contributed by atoms with Gasteiger partial charge in [-0.25, -0.2) is 0 Å². The van der Waals surface area contributed by atoms with Crippen LogP contribution in [0.2, 0.25) is 0 Å². The van der Waals surface area contributed by atoms with E-state index in [1.165, 1.54) is 6.92 Å². The fourth-order valence-corrected chi connectivity index (χ4v) is 3.61. The fraction of sp³-hybridized carbons (Fsp3) is 0.368. The molecule has 1 aliphatic heterocycles. The maximum atomic E-state index is 12.5. The van der Waals surface area contributed by atoms with E-state index in [0.717, 1.165) is 0 Å². The van der Waals surface area contributed by atoms with Gasteiger partial charge in [-0.2, -0.15) is 0 Å². The molecule has 2 atom stereocenters. The summed E-state index contributed by atoms with van der Waals surface area (Å²) in [5, 5.41) is 19.9. The first-order valence-corrected chi connectivity index (χ1v) is 8.89. The van der Waals surface area contributed by atoms with Gasteiger partial charge in [0.15, 0.2) is 5.76 Å². The van der Waals surface area contributed by atoms with Crippen molar-refractivity contribution in [2.45, 2.75) is 25.8 Å². The van der Waals surface area contributed by atoms with Crippen LogP contribution in [0.1, 0.15) is 35.9 Å². The summed E-state index contributed by atoms with van der Waals surface area (Å²) in [5.74, 6) is -1.55. The highest BCUT2D eigenvalue weighted by Gasteiger charge is 2.34. The number of likely N-dealkylation sites (tertiary alicyclic amines) is 1. The number of carbonyl (C=O) groups is 3. The van der Waals surface area contributed by atoms with Crippen LogP contribution in [0.3, 0.4) is 0 Å². The van der Waals surface area contributed by atoms with E-state index in [1.807, 2.05) is 0 Å². The average Bonchev–Trinajstić information content (AvgIpc) is 3.22. The summed E-state index contributed by atoms with van der Waals surface area (Å²) in [6, 6.07) is 6.28. The van der Waals surface area contributed by atoms with Gasteiger partial charge in [-0.1, -0.05) is 0 Å². The number of carbonyl (C=O) groups excluding carboxylic acids is 2. The van der Waals surface area contributed by atoms with Gasteiger partial charge in [0.1, 0.15) is 11.4 Å². The highest BCUT2D eigenvalue weighted by Crippen LogP contribution is 2.26. The molecule has 1 aromatic heterocycles. The molecular formula is C19H22N4O5. The van der Waals surface area contributed by atoms with Crippen LogP contribution in [0.5, 0.6) is 0 Å². The largest absolute Gasteiger partial charge is 0.481 e. The zero-order valence-electron chi connectivity index (χ0n) is 15.4. The number of hydrogen-bond donors (Lipinski definition) is 4. The van der Waals surface area contributed by atoms with Gasteiger partial charge in [0.25, 0.3) is 5.91 Å². The molecule has 9 heteroatoms. The minimum Gasteiger partial charge on any atom is -0.481 e. The van der Waals surface area contributed by atoms with Gasteiger partial charge >= 0.3 is 5.97 Å². The molecule has 148 valence electrons. The number of fused-ring (bicyclic) bond motifs is 1. The molecule has 2 amide bonds. The fourth-order valence-electron chi connectivity index (χ4n) is 3.61. The molecule has 1 aliphatic rings. The van der Waals surface area contributed by atoms with E-state index in [1.54, 1.807) is 29.2 Å². The molecule has 1 fully saturated rings. The lowest BCUT2D eigenvalue weighted by Crippen LogP contribution is -2.42. The summed E-state index contributed by atoms with van der Waals surface area (Å²) in [4.78, 5) is 36.8. The molecule has 0 bridgehead atoms. The SMILES string of the molecule is CC(=O)N1CC(CC(=O)O)CC1CNC(=O)c1cc2cc(C(=N)N)ccc2o1. The first kappa shape index (κ1) is 19.4. The maximum absolute atomic E-state index is 12.5. The molecule has 0 spiro atoms. The van der Waals surface area contributed by atoms with Crippen molar-refractivity contribution >= 4 is 34.6 Å². The molecule has 0 saturated carbocycles. The molecule has 0 radical (unpaired) electrons. The molecular weight excluding hydrogens is 364 g/mol. The van der Waals surface area contributed by atoms with Crippen molar-refractivity contribution in [2.24, 2.45) is 11.7 Å². The van der Waals surface area contributed by atoms with Crippen LogP contribution < -0.4 is 11.1 Å². The van der Waals surface area contributed by atoms with Crippen LogP contribution in [0.4, 0.5) is 0 Å². The summed E-state index contributed by atoms with van der Waals surface area (Å²) in [6.45, 7) is 2.02. The van der Waals surface area contributed by atoms with Crippen LogP contribution >= 0.6 is 0 Å². The number of furan rings is 1. The Kier molecular flexibility index (Phi) is 5.34. The number of carboxylic acid groups (broad SMARTS) is 1. The van der Waals surface area contributed by atoms with Crippen LogP contribution in [0.15, 0.2) is 28.7 Å². The standard InChI is InChI=1S/C19H22N4O5/c1-10(24)23-9-11(5-17(25)26)4-14(23)8-22-19(27)16-7-13-6-12(18(20)21)2-3-15(13)28-16/h2-3,6-7,11,14H,4-5,8-9H2,1H3,(H3,20,21)(H,22,27)(H,25,26). The smallest absolute Gasteiger partial charge is 0.303 e. The molecule has 2 aromatic rings. The molecule has 1 aromatic carbocycles. The predicted octanol–water partition coefficient (Wildman–Crippen LogP) is 1.16. The van der Waals surface area contributed by atoms with Gasteiger partial charge < -0.3 is 25.5 Å². The Balaban J connectivity index is 1.67. The second-order valence-electron chi connectivity index (χ2n) is 7.01. The van der Waals surface area contributed by atoms with Crippen molar-refractivity contribution in [3.63, 3.8) is 0 Å². The van der Waals surface area contributed by atoms with E-state index in [4.69, 9.17) is 20.7 Å². The first-order valence-electron chi connectivity index (χ1n) is 8.89. The van der Waals surface area contributed by atoms with E-state index >= 15 is 0 Å². The van der Waals surface area contributed by atoms with Crippen LogP contribution in [-0.2, 0) is 9.59 Å². The number of aliphatic carboxylic acids is 1. The van der Waals surface area contributed by atoms with Crippen LogP contribution in [0.25, 0.3) is 11.0 Å². The van der Waals surface area contributed by atoms with Crippen molar-refractivity contribution in [3.05, 3.63) is 35.6 Å². The molecule has 1 saturated heterocycles. The lowest BCUT2D eigenvalue weighted by atomic mass is 10.0. The quantitative estimate of drug-likeness (QED) is 0.432. The minimum atomic E-state index is -0.898. The third kappa shape index (κ3) is 4.13. The zero-order valence-corrected chi connectivity index (χ0v) is 15.4. The Hall–Kier alpha value is -3.36. The first-order chi connectivity index (χ1) is 13.2. The number of nitrogen functional groups attached to an aromatic ring is 1. The van der Waals surface area contributed by atoms with E-state index < -0.39 is 11.9 Å². The van der Waals surface area contributed by atoms with E-state index in [9.17, 15) is 14.4 Å². The number of benzene rings is 1. The number of amides is 2. The number of nitrogens with two attached hydrogens (primary N) is 1. The van der Waals surface area contributed by atoms with Crippen molar-refractivity contribution in [1.82, 2.24) is 10.2 Å². The minimum absolute atomic E-state index is 0.00369. The topological polar surface area (TPSA) is 150 Å². The molecule has 9 nitrogen and oxygen atoms in total. The van der Waals surface area contributed by atoms with Gasteiger partial charge in [0, 0.05) is 43.4 Å². The monoisotopic (exact) mass is 386 g/mol. The summed E-state index contributed by atoms with van der Waals surface area (Å²) in [5.41, 5.74) is 6.51. The third-order valence-corrected chi connectivity index (χ3v) is 4.92. The van der Waals surface area contributed by atoms with Crippen LogP contribution in [-0.4, -0.2) is 52.8 Å². The van der Waals surface area contributed by atoms with Gasteiger partial charge in [0.2, 0.25) is 5.91 Å². The van der Waals surface area contributed by atoms with Crippen LogP contribution in [0, 0.1) is 11.3 Å². The van der Waals surface area contributed by atoms with Gasteiger partial charge in [-0.3, -0.25) is 19.8 Å². The molecule has 3 rings (SSSR count). The molecule has 5 N–H and O–H groups in total. The summed E-state index contributed by atoms with van der Waals surface area (Å²) in [6.07, 6.45) is 0.518. The maximum Gasteiger partial charge on any atom is 0.303 e. The highest BCUT2D eigenvalue weighted by molar-refractivity contribution is 6.00. The van der Waals surface area contributed by atoms with Crippen molar-refractivity contribution in [2.75, 3.05) is 13.1 Å². The van der Waals surface area contributed by atoms with Crippen molar-refractivity contribution < 1.29 is 23.9 Å². The van der Waals surface area contributed by atoms with Gasteiger partial charge in [0.05, 0.1) is 0 Å². The summed E-state index contributed by atoms with van der Waals surface area (Å²) in [7, 11) is 0. The Bertz CT molecular complexity index is 951. The normalized spacial score (nSPS) is 19.0. The lowest BCUT2D eigenvalue weighted by molar-refractivity contribution is -0.138. The molecule has 28 heavy (non-hydrogen) atoms. The Morgan fingerprint density at radius 3 is 2.75 bits per heavy atom. The second kappa shape index (κ2) is 7.71. The van der Waals surface area contributed by atoms with Crippen molar-refractivity contribution in [3.8, 4) is 0 Å². The van der Waals surface area contributed by atoms with Crippen molar-refractivity contribution in [1.29, 1.82) is 5.41 Å².